The second kappa shape index (κ2) is 8.68. The molecule has 1 N–H and O–H groups in total. The predicted molar refractivity (Wildman–Crippen MR) is 114 cm³/mol. The second-order valence-electron chi connectivity index (χ2n) is 8.03. The lowest BCUT2D eigenvalue weighted by Gasteiger charge is -2.31. The predicted octanol–water partition coefficient (Wildman–Crippen LogP) is 2.74. The molecule has 2 aliphatic rings. The molecule has 4 rings (SSSR count). The molecule has 2 heterocycles. The van der Waals surface area contributed by atoms with Crippen LogP contribution < -0.4 is 4.90 Å². The van der Waals surface area contributed by atoms with Crippen molar-refractivity contribution in [3.63, 3.8) is 0 Å². The summed E-state index contributed by atoms with van der Waals surface area (Å²) in [5, 5.41) is 11.4. The molecule has 0 spiro atoms. The summed E-state index contributed by atoms with van der Waals surface area (Å²) >= 11 is 0. The number of hydrogen-bond donors (Lipinski definition) is 1. The molecule has 0 radical (unpaired) electrons. The number of anilines is 1. The molecule has 2 aromatic rings. The van der Waals surface area contributed by atoms with Crippen LogP contribution in [0.2, 0.25) is 0 Å². The van der Waals surface area contributed by atoms with E-state index in [2.05, 4.69) is 11.8 Å². The van der Waals surface area contributed by atoms with E-state index < -0.39 is 11.5 Å². The fourth-order valence-electron chi connectivity index (χ4n) is 4.24. The lowest BCUT2D eigenvalue weighted by molar-refractivity contribution is -0.136. The van der Waals surface area contributed by atoms with E-state index in [1.54, 1.807) is 29.2 Å². The number of ketones is 1. The van der Waals surface area contributed by atoms with Gasteiger partial charge in [-0.05, 0) is 18.1 Å². The summed E-state index contributed by atoms with van der Waals surface area (Å²) in [7, 11) is 0. The zero-order valence-electron chi connectivity index (χ0n) is 17.3. The third-order valence-electron chi connectivity index (χ3n) is 5.92. The van der Waals surface area contributed by atoms with Crippen molar-refractivity contribution >= 4 is 17.4 Å². The third-order valence-corrected chi connectivity index (χ3v) is 5.92. The largest absolute Gasteiger partial charge is 0.379 e. The monoisotopic (exact) mass is 408 g/mol. The summed E-state index contributed by atoms with van der Waals surface area (Å²) in [6.07, 6.45) is 1.73. The van der Waals surface area contributed by atoms with Gasteiger partial charge in [0.2, 0.25) is 0 Å². The number of ether oxygens (including phenoxy) is 1. The highest BCUT2D eigenvalue weighted by molar-refractivity contribution is 6.10. The lowest BCUT2D eigenvalue weighted by Crippen LogP contribution is -2.49. The average Bonchev–Trinajstić information content (AvgIpc) is 2.97. The molecule has 1 fully saturated rings. The fraction of sp³-hybridized carbons (Fsp3) is 0.417. The molecule has 0 saturated carbocycles. The smallest absolute Gasteiger partial charge is 0.265 e. The summed E-state index contributed by atoms with van der Waals surface area (Å²) in [5.41, 5.74) is 1.01. The van der Waals surface area contributed by atoms with Crippen LogP contribution in [-0.4, -0.2) is 54.7 Å². The van der Waals surface area contributed by atoms with Crippen LogP contribution in [0.4, 0.5) is 5.69 Å². The van der Waals surface area contributed by atoms with Crippen molar-refractivity contribution in [2.24, 2.45) is 0 Å². The van der Waals surface area contributed by atoms with E-state index in [1.807, 2.05) is 24.3 Å². The van der Waals surface area contributed by atoms with Gasteiger partial charge in [0, 0.05) is 24.2 Å². The first-order valence-corrected chi connectivity index (χ1v) is 10.6. The van der Waals surface area contributed by atoms with Gasteiger partial charge in [0.25, 0.3) is 5.91 Å². The Morgan fingerprint density at radius 1 is 1.10 bits per heavy atom. The topological polar surface area (TPSA) is 70.1 Å². The van der Waals surface area contributed by atoms with Crippen LogP contribution in [0.3, 0.4) is 0 Å². The molecule has 0 aromatic heterocycles. The van der Waals surface area contributed by atoms with Crippen molar-refractivity contribution in [2.45, 2.75) is 31.8 Å². The van der Waals surface area contributed by atoms with E-state index in [-0.39, 0.29) is 12.2 Å². The zero-order valence-corrected chi connectivity index (χ0v) is 17.3. The minimum absolute atomic E-state index is 0.239. The number of hydrogen-bond acceptors (Lipinski definition) is 5. The molecular weight excluding hydrogens is 380 g/mol. The van der Waals surface area contributed by atoms with E-state index in [4.69, 9.17) is 4.74 Å². The Labute approximate surface area is 177 Å². The first-order chi connectivity index (χ1) is 14.5. The molecule has 1 amide bonds. The Morgan fingerprint density at radius 3 is 2.50 bits per heavy atom. The van der Waals surface area contributed by atoms with Gasteiger partial charge in [-0.15, -0.1) is 0 Å². The minimum atomic E-state index is -1.85. The van der Waals surface area contributed by atoms with Crippen LogP contribution in [0.15, 0.2) is 48.5 Å². The van der Waals surface area contributed by atoms with E-state index in [9.17, 15) is 14.7 Å². The quantitative estimate of drug-likeness (QED) is 0.714. The van der Waals surface area contributed by atoms with Crippen molar-refractivity contribution in [3.8, 4) is 0 Å². The number of para-hydroxylation sites is 1. The van der Waals surface area contributed by atoms with Crippen molar-refractivity contribution in [3.05, 3.63) is 65.2 Å². The lowest BCUT2D eigenvalue weighted by atomic mass is 9.88. The molecule has 6 nitrogen and oxygen atoms in total. The summed E-state index contributed by atoms with van der Waals surface area (Å²) in [6, 6.07) is 14.7. The number of rotatable bonds is 7. The maximum Gasteiger partial charge on any atom is 0.265 e. The van der Waals surface area contributed by atoms with Crippen LogP contribution in [0.25, 0.3) is 0 Å². The number of aryl methyl sites for hydroxylation is 1. The molecule has 1 saturated heterocycles. The number of fused-ring (bicyclic) bond motifs is 1. The Kier molecular flexibility index (Phi) is 5.99. The van der Waals surface area contributed by atoms with Gasteiger partial charge in [-0.2, -0.15) is 0 Å². The Balaban J connectivity index is 1.57. The van der Waals surface area contributed by atoms with Gasteiger partial charge in [0.15, 0.2) is 11.4 Å². The van der Waals surface area contributed by atoms with Gasteiger partial charge in [0.05, 0.1) is 32.0 Å². The normalized spacial score (nSPS) is 21.7. The van der Waals surface area contributed by atoms with Crippen LogP contribution in [0, 0.1) is 0 Å². The second-order valence-corrected chi connectivity index (χ2v) is 8.03. The number of benzene rings is 2. The van der Waals surface area contributed by atoms with Crippen molar-refractivity contribution < 1.29 is 19.4 Å². The zero-order chi connectivity index (χ0) is 21.1. The van der Waals surface area contributed by atoms with E-state index in [1.165, 1.54) is 5.56 Å². The number of amides is 1. The van der Waals surface area contributed by atoms with Crippen LogP contribution >= 0.6 is 0 Å². The fourth-order valence-corrected chi connectivity index (χ4v) is 4.24. The van der Waals surface area contributed by atoms with Gasteiger partial charge in [-0.25, -0.2) is 0 Å². The highest BCUT2D eigenvalue weighted by atomic mass is 16.5. The summed E-state index contributed by atoms with van der Waals surface area (Å²) < 4.78 is 5.39. The molecule has 2 aromatic carbocycles. The molecule has 1 atom stereocenters. The van der Waals surface area contributed by atoms with Gasteiger partial charge in [-0.1, -0.05) is 55.8 Å². The molecular formula is C24H28N2O4. The first-order valence-electron chi connectivity index (χ1n) is 10.6. The Morgan fingerprint density at radius 2 is 1.80 bits per heavy atom. The summed E-state index contributed by atoms with van der Waals surface area (Å²) in [5.74, 6) is -0.678. The number of carbonyl (C=O) groups is 2. The van der Waals surface area contributed by atoms with E-state index >= 15 is 0 Å². The summed E-state index contributed by atoms with van der Waals surface area (Å²) in [4.78, 5) is 30.0. The highest BCUT2D eigenvalue weighted by Gasteiger charge is 2.51. The van der Waals surface area contributed by atoms with Gasteiger partial charge >= 0.3 is 0 Å². The van der Waals surface area contributed by atoms with Crippen LogP contribution in [-0.2, 0) is 21.6 Å². The van der Waals surface area contributed by atoms with Gasteiger partial charge < -0.3 is 9.84 Å². The molecule has 6 heteroatoms. The molecule has 0 bridgehead atoms. The number of morpholine rings is 1. The number of carbonyl (C=O) groups excluding carboxylic acids is 2. The highest BCUT2D eigenvalue weighted by Crippen LogP contribution is 2.42. The van der Waals surface area contributed by atoms with Crippen molar-refractivity contribution in [1.82, 2.24) is 4.90 Å². The maximum atomic E-state index is 13.3. The van der Waals surface area contributed by atoms with Crippen molar-refractivity contribution in [2.75, 3.05) is 37.9 Å². The summed E-state index contributed by atoms with van der Waals surface area (Å²) in [6.45, 7) is 5.20. The molecule has 30 heavy (non-hydrogen) atoms. The first kappa shape index (κ1) is 20.7. The van der Waals surface area contributed by atoms with E-state index in [0.29, 0.717) is 36.7 Å². The third kappa shape index (κ3) is 3.90. The standard InChI is InChI=1S/C24H28N2O4/c1-2-5-18-8-10-19(11-9-18)22(27)16-24(29)20-6-3-4-7-21(20)26(23(24)28)17-25-12-14-30-15-13-25/h3-4,6-11,29H,2,5,12-17H2,1H3/t24-/m1/s1. The SMILES string of the molecule is CCCc1ccc(C(=O)C[C@]2(O)C(=O)N(CN3CCOCC3)c3ccccc32)cc1. The molecule has 2 aliphatic heterocycles. The molecule has 0 unspecified atom stereocenters. The minimum Gasteiger partial charge on any atom is -0.379 e. The molecule has 158 valence electrons. The number of aliphatic hydroxyl groups is 1. The molecule has 0 aliphatic carbocycles. The number of nitrogens with zero attached hydrogens (tertiary/aromatic N) is 2. The van der Waals surface area contributed by atoms with E-state index in [0.717, 1.165) is 25.9 Å². The maximum absolute atomic E-state index is 13.3. The van der Waals surface area contributed by atoms with Crippen molar-refractivity contribution in [1.29, 1.82) is 0 Å². The van der Waals surface area contributed by atoms with Crippen LogP contribution in [0.1, 0.15) is 41.3 Å². The average molecular weight is 408 g/mol. The van der Waals surface area contributed by atoms with Gasteiger partial charge in [0.1, 0.15) is 0 Å². The van der Waals surface area contributed by atoms with Gasteiger partial charge in [-0.3, -0.25) is 19.4 Å². The Hall–Kier alpha value is -2.54. The Bertz CT molecular complexity index is 921. The number of Topliss-reactive ketones (excluding diaryl/α,β-unsaturated/α-hetero) is 1. The van der Waals surface area contributed by atoms with Crippen LogP contribution in [0.5, 0.6) is 0 Å².